The van der Waals surface area contributed by atoms with Crippen molar-refractivity contribution in [3.63, 3.8) is 0 Å². The number of alkyl halides is 3. The molecule has 0 saturated heterocycles. The molecule has 0 atom stereocenters. The minimum atomic E-state index is -4.50. The number of carbonyl (C=O) groups excluding carboxylic acids is 1. The van der Waals surface area contributed by atoms with E-state index in [4.69, 9.17) is 19.4 Å². The number of nitrogens with zero attached hydrogens (tertiary/aromatic N) is 3. The Kier molecular flexibility index (Phi) is 7.99. The molecule has 5 rings (SSSR count). The smallest absolute Gasteiger partial charge is 0.405 e. The summed E-state index contributed by atoms with van der Waals surface area (Å²) in [6.45, 7) is 0.413. The summed E-state index contributed by atoms with van der Waals surface area (Å²) in [4.78, 5) is 21.3. The predicted octanol–water partition coefficient (Wildman–Crippen LogP) is 5.89. The number of fused-ring (bicyclic) bond motifs is 1. The molecule has 3 N–H and O–H groups in total. The van der Waals surface area contributed by atoms with E-state index in [0.29, 0.717) is 35.1 Å². The van der Waals surface area contributed by atoms with E-state index < -0.39 is 25.2 Å². The normalized spacial score (nSPS) is 11.3. The number of amides is 1. The Bertz CT molecular complexity index is 1640. The van der Waals surface area contributed by atoms with E-state index in [9.17, 15) is 18.0 Å². The van der Waals surface area contributed by atoms with Crippen molar-refractivity contribution in [2.45, 2.75) is 13.1 Å². The van der Waals surface area contributed by atoms with Gasteiger partial charge in [0.05, 0.1) is 18.3 Å². The van der Waals surface area contributed by atoms with Crippen molar-refractivity contribution in [3.05, 3.63) is 79.1 Å². The van der Waals surface area contributed by atoms with E-state index in [2.05, 4.69) is 15.5 Å². The highest BCUT2D eigenvalue weighted by Gasteiger charge is 2.27. The van der Waals surface area contributed by atoms with Crippen molar-refractivity contribution >= 4 is 28.3 Å². The number of ether oxygens (including phenoxy) is 2. The van der Waals surface area contributed by atoms with Crippen LogP contribution in [0.15, 0.2) is 79.1 Å². The van der Waals surface area contributed by atoms with Crippen LogP contribution >= 0.6 is 0 Å². The molecule has 2 heterocycles. The summed E-state index contributed by atoms with van der Waals surface area (Å²) in [5.74, 6) is 0.995. The lowest BCUT2D eigenvalue weighted by atomic mass is 10.1. The number of halogens is 3. The zero-order chi connectivity index (χ0) is 28.8. The van der Waals surface area contributed by atoms with Gasteiger partial charge in [-0.25, -0.2) is 9.97 Å². The number of carbonyl (C=O) groups is 1. The Morgan fingerprint density at radius 2 is 1.73 bits per heavy atom. The number of rotatable bonds is 10. The van der Waals surface area contributed by atoms with E-state index in [0.717, 1.165) is 22.2 Å². The third-order valence-electron chi connectivity index (χ3n) is 5.91. The van der Waals surface area contributed by atoms with Gasteiger partial charge in [-0.1, -0.05) is 24.3 Å². The second-order valence-electron chi connectivity index (χ2n) is 8.91. The van der Waals surface area contributed by atoms with Crippen molar-refractivity contribution in [1.29, 1.82) is 0 Å². The Morgan fingerprint density at radius 3 is 2.46 bits per heavy atom. The first-order valence-electron chi connectivity index (χ1n) is 12.6. The molecular formula is C29H25F3N6O3. The minimum absolute atomic E-state index is 0.282. The molecule has 0 unspecified atom stereocenters. The van der Waals surface area contributed by atoms with Gasteiger partial charge >= 0.3 is 6.18 Å². The molecule has 0 aliphatic heterocycles. The monoisotopic (exact) mass is 562 g/mol. The third kappa shape index (κ3) is 7.10. The lowest BCUT2D eigenvalue weighted by Crippen LogP contribution is -2.36. The fourth-order valence-electron chi connectivity index (χ4n) is 4.00. The van der Waals surface area contributed by atoms with Crippen molar-refractivity contribution in [2.75, 3.05) is 25.1 Å². The number of nitrogens with one attached hydrogen (secondary N) is 3. The van der Waals surface area contributed by atoms with Crippen LogP contribution in [-0.2, 0) is 4.79 Å². The quantitative estimate of drug-likeness (QED) is 0.195. The molecule has 41 heavy (non-hydrogen) atoms. The van der Waals surface area contributed by atoms with Gasteiger partial charge in [0, 0.05) is 28.4 Å². The highest BCUT2D eigenvalue weighted by Crippen LogP contribution is 2.32. The summed E-state index contributed by atoms with van der Waals surface area (Å²) in [5.41, 5.74) is 4.01. The van der Waals surface area contributed by atoms with Gasteiger partial charge in [0.25, 0.3) is 5.91 Å². The van der Waals surface area contributed by atoms with Crippen molar-refractivity contribution < 1.29 is 27.4 Å². The molecule has 0 bridgehead atoms. The molecule has 0 aliphatic carbocycles. The largest absolute Gasteiger partial charge is 0.494 e. The van der Waals surface area contributed by atoms with Crippen molar-refractivity contribution in [1.82, 2.24) is 25.5 Å². The van der Waals surface area contributed by atoms with E-state index in [1.165, 1.54) is 0 Å². The number of H-pyrrole nitrogens is 1. The average Bonchev–Trinajstić information content (AvgIpc) is 3.51. The topological polar surface area (TPSA) is 114 Å². The van der Waals surface area contributed by atoms with E-state index in [1.54, 1.807) is 35.8 Å². The first-order chi connectivity index (χ1) is 19.8. The molecule has 12 heteroatoms. The van der Waals surface area contributed by atoms with Crippen LogP contribution in [0.5, 0.6) is 11.5 Å². The summed E-state index contributed by atoms with van der Waals surface area (Å²) in [6.07, 6.45) is -0.941. The number of hydrogen-bond acceptors (Lipinski definition) is 7. The van der Waals surface area contributed by atoms with Crippen LogP contribution in [0.3, 0.4) is 0 Å². The average molecular weight is 563 g/mol. The second kappa shape index (κ2) is 11.9. The molecule has 1 amide bonds. The number of aromatic amines is 1. The van der Waals surface area contributed by atoms with Gasteiger partial charge in [-0.3, -0.25) is 9.89 Å². The zero-order valence-electron chi connectivity index (χ0n) is 21.8. The molecular weight excluding hydrogens is 537 g/mol. The van der Waals surface area contributed by atoms with Gasteiger partial charge in [-0.15, -0.1) is 0 Å². The van der Waals surface area contributed by atoms with Crippen LogP contribution in [0.4, 0.5) is 24.7 Å². The molecule has 0 radical (unpaired) electrons. The van der Waals surface area contributed by atoms with E-state index in [-0.39, 0.29) is 5.75 Å². The van der Waals surface area contributed by atoms with E-state index >= 15 is 0 Å². The highest BCUT2D eigenvalue weighted by molar-refractivity contribution is 5.93. The molecule has 5 aromatic rings. The molecule has 0 saturated carbocycles. The molecule has 210 valence electrons. The van der Waals surface area contributed by atoms with Gasteiger partial charge in [-0.2, -0.15) is 18.3 Å². The maximum Gasteiger partial charge on any atom is 0.405 e. The summed E-state index contributed by atoms with van der Waals surface area (Å²) < 4.78 is 48.2. The Hall–Kier alpha value is -5.13. The van der Waals surface area contributed by atoms with Crippen molar-refractivity contribution in [2.24, 2.45) is 0 Å². The maximum atomic E-state index is 12.4. The van der Waals surface area contributed by atoms with Gasteiger partial charge in [0.1, 0.15) is 23.9 Å². The van der Waals surface area contributed by atoms with Crippen LogP contribution in [0, 0.1) is 0 Å². The summed E-state index contributed by atoms with van der Waals surface area (Å²) >= 11 is 0. The fraction of sp³-hybridized carbons (Fsp3) is 0.172. The standard InChI is InChI=1S/C29H25F3N6O3/c1-2-40-23-10-11-25-24(13-23)28(36-21-8-6-18(7-9-21)20-14-34-35-15-20)38-27(37-25)19-4-3-5-22(12-19)41-16-26(39)33-17-29(30,31)32/h3-15H,2,16-17H2,1H3,(H,33,39)(H,34,35)(H,36,37,38). The Labute approximate surface area is 232 Å². The van der Waals surface area contributed by atoms with Gasteiger partial charge in [0.2, 0.25) is 0 Å². The molecule has 0 spiro atoms. The number of hydrogen-bond donors (Lipinski definition) is 3. The summed E-state index contributed by atoms with van der Waals surface area (Å²) in [6, 6.07) is 20.0. The second-order valence-corrected chi connectivity index (χ2v) is 8.91. The maximum absolute atomic E-state index is 12.4. The number of aromatic nitrogens is 4. The molecule has 2 aromatic heterocycles. The minimum Gasteiger partial charge on any atom is -0.494 e. The lowest BCUT2D eigenvalue weighted by molar-refractivity contribution is -0.139. The van der Waals surface area contributed by atoms with Gasteiger partial charge < -0.3 is 20.1 Å². The van der Waals surface area contributed by atoms with Gasteiger partial charge in [-0.05, 0) is 55.0 Å². The zero-order valence-corrected chi connectivity index (χ0v) is 21.8. The first kappa shape index (κ1) is 27.4. The highest BCUT2D eigenvalue weighted by atomic mass is 19.4. The van der Waals surface area contributed by atoms with Crippen LogP contribution in [-0.4, -0.2) is 52.0 Å². The third-order valence-corrected chi connectivity index (χ3v) is 5.91. The number of anilines is 2. The van der Waals surface area contributed by atoms with Crippen LogP contribution in [0.2, 0.25) is 0 Å². The predicted molar refractivity (Wildman–Crippen MR) is 148 cm³/mol. The number of benzene rings is 3. The fourth-order valence-corrected chi connectivity index (χ4v) is 4.00. The van der Waals surface area contributed by atoms with Crippen LogP contribution in [0.25, 0.3) is 33.4 Å². The molecule has 9 nitrogen and oxygen atoms in total. The summed E-state index contributed by atoms with van der Waals surface area (Å²) in [7, 11) is 0. The SMILES string of the molecule is CCOc1ccc2nc(-c3cccc(OCC(=O)NCC(F)(F)F)c3)nc(Nc3ccc(-c4cn[nH]c4)cc3)c2c1. The van der Waals surface area contributed by atoms with Crippen molar-refractivity contribution in [3.8, 4) is 34.0 Å². The molecule has 0 aliphatic rings. The lowest BCUT2D eigenvalue weighted by Gasteiger charge is -2.13. The van der Waals surface area contributed by atoms with Gasteiger partial charge in [0.15, 0.2) is 12.4 Å². The molecule has 3 aromatic carbocycles. The Morgan fingerprint density at radius 1 is 0.927 bits per heavy atom. The van der Waals surface area contributed by atoms with E-state index in [1.807, 2.05) is 55.6 Å². The molecule has 0 fully saturated rings. The first-order valence-corrected chi connectivity index (χ1v) is 12.6. The Balaban J connectivity index is 1.42. The summed E-state index contributed by atoms with van der Waals surface area (Å²) in [5, 5.41) is 12.7. The van der Waals surface area contributed by atoms with Crippen LogP contribution in [0.1, 0.15) is 6.92 Å². The van der Waals surface area contributed by atoms with Crippen LogP contribution < -0.4 is 20.1 Å².